The molecule has 13 heteroatoms. The molecule has 4 aromatic rings. The molecule has 2 aromatic heterocycles. The highest BCUT2D eigenvalue weighted by Crippen LogP contribution is 2.41. The fourth-order valence-electron chi connectivity index (χ4n) is 4.73. The summed E-state index contributed by atoms with van der Waals surface area (Å²) in [6.07, 6.45) is -3.01. The van der Waals surface area contributed by atoms with Gasteiger partial charge in [-0.05, 0) is 55.8 Å². The number of methoxy groups -OCH3 is 2. The van der Waals surface area contributed by atoms with E-state index in [9.17, 15) is 22.8 Å². The van der Waals surface area contributed by atoms with E-state index in [1.54, 1.807) is 32.0 Å². The minimum Gasteiger partial charge on any atom is -0.493 e. The molecule has 224 valence electrons. The maximum Gasteiger partial charge on any atom is 0.416 e. The third kappa shape index (κ3) is 5.78. The van der Waals surface area contributed by atoms with E-state index in [0.29, 0.717) is 32.0 Å². The van der Waals surface area contributed by atoms with Gasteiger partial charge in [-0.1, -0.05) is 39.4 Å². The summed E-state index contributed by atoms with van der Waals surface area (Å²) in [7, 11) is 2.97. The molecule has 3 heterocycles. The number of halogens is 4. The Bertz CT molecular complexity index is 1940. The van der Waals surface area contributed by atoms with E-state index in [0.717, 1.165) is 23.5 Å². The van der Waals surface area contributed by atoms with E-state index >= 15 is 0 Å². The summed E-state index contributed by atoms with van der Waals surface area (Å²) in [5.74, 6) is 0.666. The fraction of sp³-hybridized carbons (Fsp3) is 0.233. The molecule has 2 aromatic carbocycles. The Morgan fingerprint density at radius 2 is 1.86 bits per heavy atom. The van der Waals surface area contributed by atoms with Crippen LogP contribution in [-0.2, 0) is 15.7 Å². The zero-order valence-corrected chi connectivity index (χ0v) is 25.6. The molecule has 1 aliphatic heterocycles. The SMILES string of the molecule is CCOC(=O)C1=C(C)N=c2s/c(=C/c3ccc(-c4cccc(C(F)(F)F)c4)o3)c(=O)n2[C@H]1c1cc(OC)c(OC)cc1Br. The lowest BCUT2D eigenvalue weighted by Crippen LogP contribution is -2.40. The highest BCUT2D eigenvalue weighted by Gasteiger charge is 2.35. The summed E-state index contributed by atoms with van der Waals surface area (Å²) < 4.78 is 63.9. The van der Waals surface area contributed by atoms with Crippen LogP contribution in [-0.4, -0.2) is 31.4 Å². The molecular weight excluding hydrogens is 653 g/mol. The Morgan fingerprint density at radius 1 is 1.14 bits per heavy atom. The van der Waals surface area contributed by atoms with Crippen LogP contribution in [0, 0.1) is 0 Å². The number of carbonyl (C=O) groups excluding carboxylic acids is 1. The Hall–Kier alpha value is -4.10. The normalized spacial score (nSPS) is 15.3. The largest absolute Gasteiger partial charge is 0.493 e. The van der Waals surface area contributed by atoms with Crippen molar-refractivity contribution in [2.75, 3.05) is 20.8 Å². The predicted octanol–water partition coefficient (Wildman–Crippen LogP) is 5.86. The molecule has 0 saturated heterocycles. The summed E-state index contributed by atoms with van der Waals surface area (Å²) in [6, 6.07) is 10.3. The Morgan fingerprint density at radius 3 is 2.53 bits per heavy atom. The molecule has 0 aliphatic carbocycles. The third-order valence-corrected chi connectivity index (χ3v) is 8.36. The summed E-state index contributed by atoms with van der Waals surface area (Å²) in [5, 5.41) is 0. The van der Waals surface area contributed by atoms with Crippen molar-refractivity contribution in [3.8, 4) is 22.8 Å². The van der Waals surface area contributed by atoms with Gasteiger partial charge >= 0.3 is 12.1 Å². The van der Waals surface area contributed by atoms with E-state index in [1.165, 1.54) is 43.1 Å². The van der Waals surface area contributed by atoms with Crippen molar-refractivity contribution in [2.24, 2.45) is 4.99 Å². The maximum atomic E-state index is 13.9. The lowest BCUT2D eigenvalue weighted by atomic mass is 9.95. The van der Waals surface area contributed by atoms with Gasteiger partial charge in [0.25, 0.3) is 5.56 Å². The first kappa shape index (κ1) is 30.4. The molecule has 8 nitrogen and oxygen atoms in total. The number of carbonyl (C=O) groups is 1. The van der Waals surface area contributed by atoms with Crippen LogP contribution in [0.5, 0.6) is 11.5 Å². The number of fused-ring (bicyclic) bond motifs is 1. The highest BCUT2D eigenvalue weighted by molar-refractivity contribution is 9.10. The minimum absolute atomic E-state index is 0.118. The second-order valence-corrected chi connectivity index (χ2v) is 11.2. The number of nitrogens with zero attached hydrogens (tertiary/aromatic N) is 2. The summed E-state index contributed by atoms with van der Waals surface area (Å²) in [6.45, 7) is 3.47. The van der Waals surface area contributed by atoms with Crippen LogP contribution in [0.4, 0.5) is 13.2 Å². The van der Waals surface area contributed by atoms with Crippen molar-refractivity contribution in [3.05, 3.63) is 101 Å². The van der Waals surface area contributed by atoms with Gasteiger partial charge in [-0.25, -0.2) is 9.79 Å². The first-order chi connectivity index (χ1) is 20.5. The Balaban J connectivity index is 1.65. The molecule has 1 aliphatic rings. The molecule has 5 rings (SSSR count). The molecule has 0 radical (unpaired) electrons. The van der Waals surface area contributed by atoms with Gasteiger partial charge in [0, 0.05) is 16.1 Å². The maximum absolute atomic E-state index is 13.9. The lowest BCUT2D eigenvalue weighted by molar-refractivity contribution is -0.139. The molecule has 0 N–H and O–H groups in total. The van der Waals surface area contributed by atoms with E-state index in [-0.39, 0.29) is 33.8 Å². The summed E-state index contributed by atoms with van der Waals surface area (Å²) >= 11 is 4.64. The second-order valence-electron chi connectivity index (χ2n) is 9.31. The van der Waals surface area contributed by atoms with Crippen LogP contribution in [0.15, 0.2) is 78.5 Å². The number of benzene rings is 2. The van der Waals surface area contributed by atoms with Crippen molar-refractivity contribution in [3.63, 3.8) is 0 Å². The zero-order valence-electron chi connectivity index (χ0n) is 23.2. The number of rotatable bonds is 7. The van der Waals surface area contributed by atoms with Crippen LogP contribution >= 0.6 is 27.3 Å². The van der Waals surface area contributed by atoms with Gasteiger partial charge in [-0.15, -0.1) is 0 Å². The monoisotopic (exact) mass is 676 g/mol. The molecule has 0 fully saturated rings. The van der Waals surface area contributed by atoms with Crippen LogP contribution in [0.1, 0.15) is 36.8 Å². The molecule has 0 unspecified atom stereocenters. The van der Waals surface area contributed by atoms with Gasteiger partial charge < -0.3 is 18.6 Å². The first-order valence-electron chi connectivity index (χ1n) is 12.8. The number of allylic oxidation sites excluding steroid dienone is 1. The number of alkyl halides is 3. The fourth-order valence-corrected chi connectivity index (χ4v) is 6.29. The van der Waals surface area contributed by atoms with Crippen LogP contribution in [0.2, 0.25) is 0 Å². The van der Waals surface area contributed by atoms with E-state index in [2.05, 4.69) is 20.9 Å². The van der Waals surface area contributed by atoms with Gasteiger partial charge in [0.15, 0.2) is 16.3 Å². The number of ether oxygens (including phenoxy) is 3. The van der Waals surface area contributed by atoms with Gasteiger partial charge in [0.2, 0.25) is 0 Å². The van der Waals surface area contributed by atoms with Crippen molar-refractivity contribution < 1.29 is 36.6 Å². The number of hydrogen-bond acceptors (Lipinski definition) is 8. The van der Waals surface area contributed by atoms with Crippen molar-refractivity contribution >= 4 is 39.3 Å². The number of furan rings is 1. The van der Waals surface area contributed by atoms with Gasteiger partial charge in [0.05, 0.1) is 48.2 Å². The standard InChI is InChI=1S/C30H24BrF3N2O6S/c1-5-41-28(38)25-15(2)35-29-36(26(25)19-13-22(39-3)23(40-4)14-20(19)31)27(37)24(43-29)12-18-9-10-21(42-18)16-7-6-8-17(11-16)30(32,33)34/h6-14,26H,5H2,1-4H3/b24-12+/t26-/m0/s1. The lowest BCUT2D eigenvalue weighted by Gasteiger charge is -2.26. The zero-order chi connectivity index (χ0) is 31.1. The Kier molecular flexibility index (Phi) is 8.39. The molecule has 0 bridgehead atoms. The number of hydrogen-bond donors (Lipinski definition) is 0. The van der Waals surface area contributed by atoms with Crippen LogP contribution < -0.4 is 24.4 Å². The summed E-state index contributed by atoms with van der Waals surface area (Å²) in [4.78, 5) is 32.0. The van der Waals surface area contributed by atoms with Gasteiger partial charge in [-0.2, -0.15) is 13.2 Å². The van der Waals surface area contributed by atoms with E-state index in [4.69, 9.17) is 18.6 Å². The number of esters is 1. The first-order valence-corrected chi connectivity index (χ1v) is 14.5. The average molecular weight is 677 g/mol. The number of aromatic nitrogens is 1. The number of thiazole rings is 1. The van der Waals surface area contributed by atoms with E-state index < -0.39 is 29.3 Å². The van der Waals surface area contributed by atoms with E-state index in [1.807, 2.05) is 0 Å². The molecular formula is C30H24BrF3N2O6S. The topological polar surface area (TPSA) is 92.3 Å². The van der Waals surface area contributed by atoms with Crippen LogP contribution in [0.25, 0.3) is 17.4 Å². The van der Waals surface area contributed by atoms with Gasteiger partial charge in [-0.3, -0.25) is 9.36 Å². The quantitative estimate of drug-likeness (QED) is 0.228. The Labute approximate surface area is 255 Å². The summed E-state index contributed by atoms with van der Waals surface area (Å²) in [5.41, 5.74) is 0.0739. The predicted molar refractivity (Wildman–Crippen MR) is 157 cm³/mol. The average Bonchev–Trinajstić information content (AvgIpc) is 3.56. The van der Waals surface area contributed by atoms with Crippen molar-refractivity contribution in [2.45, 2.75) is 26.1 Å². The minimum atomic E-state index is -4.50. The second kappa shape index (κ2) is 11.9. The molecule has 43 heavy (non-hydrogen) atoms. The molecule has 0 saturated carbocycles. The third-order valence-electron chi connectivity index (χ3n) is 6.69. The van der Waals surface area contributed by atoms with Crippen molar-refractivity contribution in [1.29, 1.82) is 0 Å². The molecule has 0 spiro atoms. The van der Waals surface area contributed by atoms with Gasteiger partial charge in [0.1, 0.15) is 11.5 Å². The van der Waals surface area contributed by atoms with Crippen LogP contribution in [0.3, 0.4) is 0 Å². The smallest absolute Gasteiger partial charge is 0.416 e. The highest BCUT2D eigenvalue weighted by atomic mass is 79.9. The molecule has 0 amide bonds. The van der Waals surface area contributed by atoms with Crippen molar-refractivity contribution in [1.82, 2.24) is 4.57 Å². The molecule has 1 atom stereocenters.